The van der Waals surface area contributed by atoms with Crippen molar-refractivity contribution in [2.24, 2.45) is 11.8 Å². The molecule has 1 saturated heterocycles. The summed E-state index contributed by atoms with van der Waals surface area (Å²) in [6.07, 6.45) is 3.12. The minimum Gasteiger partial charge on any atom is -0.311 e. The molecule has 0 aromatic rings. The van der Waals surface area contributed by atoms with Gasteiger partial charge in [-0.3, -0.25) is 0 Å². The van der Waals surface area contributed by atoms with E-state index in [9.17, 15) is 9.60 Å². The molecule has 2 nitrogen and oxygen atoms in total. The molecular formula is C9H16FNO. The van der Waals surface area contributed by atoms with Crippen LogP contribution >= 0.6 is 0 Å². The SMILES string of the molecule is CC1CC2CCN(O)C(F)(C1)C2. The molecule has 0 radical (unpaired) electrons. The average Bonchev–Trinajstić information content (AvgIpc) is 1.96. The normalized spacial score (nSPS) is 49.2. The summed E-state index contributed by atoms with van der Waals surface area (Å²) >= 11 is 0. The molecule has 1 aliphatic carbocycles. The van der Waals surface area contributed by atoms with E-state index in [0.717, 1.165) is 17.9 Å². The van der Waals surface area contributed by atoms with Crippen LogP contribution in [0.2, 0.25) is 0 Å². The fourth-order valence-electron chi connectivity index (χ4n) is 2.73. The predicted molar refractivity (Wildman–Crippen MR) is 43.5 cm³/mol. The number of alkyl halides is 1. The Morgan fingerprint density at radius 2 is 2.25 bits per heavy atom. The second-order valence-electron chi connectivity index (χ2n) is 4.44. The standard InChI is InChI=1S/C9H16FNO/c1-7-4-8-2-3-11(12)9(10,5-7)6-8/h7-8,12H,2-6H2,1H3. The van der Waals surface area contributed by atoms with Crippen molar-refractivity contribution in [2.75, 3.05) is 6.54 Å². The smallest absolute Gasteiger partial charge is 0.185 e. The maximum Gasteiger partial charge on any atom is 0.185 e. The Morgan fingerprint density at radius 3 is 3.00 bits per heavy atom. The van der Waals surface area contributed by atoms with Gasteiger partial charge in [-0.25, -0.2) is 4.39 Å². The molecule has 1 N–H and O–H groups in total. The predicted octanol–water partition coefficient (Wildman–Crippen LogP) is 2.18. The minimum absolute atomic E-state index is 0.420. The lowest BCUT2D eigenvalue weighted by molar-refractivity contribution is -0.268. The van der Waals surface area contributed by atoms with Gasteiger partial charge in [-0.15, -0.1) is 0 Å². The molecule has 0 amide bonds. The lowest BCUT2D eigenvalue weighted by Gasteiger charge is -2.46. The van der Waals surface area contributed by atoms with Crippen molar-refractivity contribution in [1.82, 2.24) is 5.06 Å². The van der Waals surface area contributed by atoms with E-state index in [1.807, 2.05) is 0 Å². The number of halogens is 1. The number of hydroxylamine groups is 2. The van der Waals surface area contributed by atoms with Gasteiger partial charge >= 0.3 is 0 Å². The van der Waals surface area contributed by atoms with Crippen LogP contribution in [0.1, 0.15) is 32.6 Å². The van der Waals surface area contributed by atoms with Crippen LogP contribution in [0.4, 0.5) is 4.39 Å². The summed E-state index contributed by atoms with van der Waals surface area (Å²) in [5, 5.41) is 10.3. The van der Waals surface area contributed by atoms with Crippen LogP contribution in [-0.4, -0.2) is 22.6 Å². The first-order valence-corrected chi connectivity index (χ1v) is 4.75. The molecule has 3 unspecified atom stereocenters. The summed E-state index contributed by atoms with van der Waals surface area (Å²) in [7, 11) is 0. The van der Waals surface area contributed by atoms with Crippen molar-refractivity contribution >= 4 is 0 Å². The molecule has 1 heterocycles. The third-order valence-electron chi connectivity index (χ3n) is 3.21. The Labute approximate surface area is 72.3 Å². The largest absolute Gasteiger partial charge is 0.311 e. The van der Waals surface area contributed by atoms with E-state index in [1.54, 1.807) is 0 Å². The van der Waals surface area contributed by atoms with Gasteiger partial charge in [0.15, 0.2) is 5.79 Å². The zero-order valence-electron chi connectivity index (χ0n) is 7.46. The van der Waals surface area contributed by atoms with E-state index in [4.69, 9.17) is 0 Å². The van der Waals surface area contributed by atoms with Crippen molar-refractivity contribution < 1.29 is 9.60 Å². The highest BCUT2D eigenvalue weighted by Gasteiger charge is 2.47. The van der Waals surface area contributed by atoms with Crippen LogP contribution in [0.25, 0.3) is 0 Å². The van der Waals surface area contributed by atoms with Crippen LogP contribution in [0.15, 0.2) is 0 Å². The number of rotatable bonds is 0. The molecule has 0 aromatic carbocycles. The fraction of sp³-hybridized carbons (Fsp3) is 1.00. The van der Waals surface area contributed by atoms with Gasteiger partial charge in [0.05, 0.1) is 0 Å². The second-order valence-corrected chi connectivity index (χ2v) is 4.44. The Kier molecular flexibility index (Phi) is 1.88. The summed E-state index contributed by atoms with van der Waals surface area (Å²) in [5.74, 6) is -0.480. The summed E-state index contributed by atoms with van der Waals surface area (Å²) in [6.45, 7) is 2.58. The highest BCUT2D eigenvalue weighted by Crippen LogP contribution is 2.44. The lowest BCUT2D eigenvalue weighted by atomic mass is 9.74. The highest BCUT2D eigenvalue weighted by molar-refractivity contribution is 4.90. The third-order valence-corrected chi connectivity index (χ3v) is 3.21. The monoisotopic (exact) mass is 173 g/mol. The Morgan fingerprint density at radius 1 is 1.50 bits per heavy atom. The molecule has 2 bridgehead atoms. The first-order chi connectivity index (χ1) is 5.60. The molecule has 3 heteroatoms. The van der Waals surface area contributed by atoms with Crippen LogP contribution in [0.3, 0.4) is 0 Å². The van der Waals surface area contributed by atoms with Crippen molar-refractivity contribution in [3.63, 3.8) is 0 Å². The molecule has 12 heavy (non-hydrogen) atoms. The summed E-state index contributed by atoms with van der Waals surface area (Å²) in [5.41, 5.74) is 0. The minimum atomic E-state index is -1.40. The molecule has 2 fully saturated rings. The number of hydrogen-bond donors (Lipinski definition) is 1. The molecule has 0 spiro atoms. The highest BCUT2D eigenvalue weighted by atomic mass is 19.1. The van der Waals surface area contributed by atoms with Gasteiger partial charge in [0.2, 0.25) is 0 Å². The van der Waals surface area contributed by atoms with E-state index in [2.05, 4.69) is 6.92 Å². The van der Waals surface area contributed by atoms with Crippen molar-refractivity contribution in [1.29, 1.82) is 0 Å². The number of hydrogen-bond acceptors (Lipinski definition) is 2. The van der Waals surface area contributed by atoms with Gasteiger partial charge in [-0.2, -0.15) is 5.06 Å². The van der Waals surface area contributed by atoms with E-state index in [-0.39, 0.29) is 0 Å². The first kappa shape index (κ1) is 8.45. The van der Waals surface area contributed by atoms with Gasteiger partial charge in [0.1, 0.15) is 0 Å². The number of fused-ring (bicyclic) bond motifs is 2. The molecule has 0 aromatic heterocycles. The second kappa shape index (κ2) is 2.67. The summed E-state index contributed by atoms with van der Waals surface area (Å²) in [6, 6.07) is 0. The van der Waals surface area contributed by atoms with Gasteiger partial charge in [-0.1, -0.05) is 6.92 Å². The Bertz CT molecular complexity index is 183. The number of nitrogens with zero attached hydrogens (tertiary/aromatic N) is 1. The Hall–Kier alpha value is -0.150. The molecule has 2 rings (SSSR count). The van der Waals surface area contributed by atoms with Crippen LogP contribution in [-0.2, 0) is 0 Å². The van der Waals surface area contributed by atoms with Gasteiger partial charge in [-0.05, 0) is 31.1 Å². The van der Waals surface area contributed by atoms with Crippen LogP contribution in [0.5, 0.6) is 0 Å². The maximum absolute atomic E-state index is 13.9. The molecular weight excluding hydrogens is 157 g/mol. The zero-order chi connectivity index (χ0) is 8.77. The van der Waals surface area contributed by atoms with Crippen LogP contribution < -0.4 is 0 Å². The first-order valence-electron chi connectivity index (χ1n) is 4.75. The van der Waals surface area contributed by atoms with E-state index >= 15 is 0 Å². The van der Waals surface area contributed by atoms with Crippen molar-refractivity contribution in [3.8, 4) is 0 Å². The van der Waals surface area contributed by atoms with E-state index < -0.39 is 5.79 Å². The molecule has 70 valence electrons. The average molecular weight is 173 g/mol. The Balaban J connectivity index is 2.15. The third kappa shape index (κ3) is 1.25. The van der Waals surface area contributed by atoms with E-state index in [0.29, 0.717) is 31.2 Å². The van der Waals surface area contributed by atoms with Crippen molar-refractivity contribution in [2.45, 2.75) is 38.4 Å². The van der Waals surface area contributed by atoms with Gasteiger partial charge in [0, 0.05) is 13.0 Å². The lowest BCUT2D eigenvalue weighted by Crippen LogP contribution is -2.52. The fourth-order valence-corrected chi connectivity index (χ4v) is 2.73. The molecule has 1 saturated carbocycles. The maximum atomic E-state index is 13.9. The summed E-state index contributed by atoms with van der Waals surface area (Å²) in [4.78, 5) is 0. The molecule has 3 atom stereocenters. The van der Waals surface area contributed by atoms with Crippen LogP contribution in [0, 0.1) is 11.8 Å². The molecule has 2 aliphatic rings. The summed E-state index contributed by atoms with van der Waals surface area (Å²) < 4.78 is 13.9. The quantitative estimate of drug-likeness (QED) is 0.567. The van der Waals surface area contributed by atoms with Gasteiger partial charge in [0.25, 0.3) is 0 Å². The van der Waals surface area contributed by atoms with E-state index in [1.165, 1.54) is 0 Å². The van der Waals surface area contributed by atoms with Gasteiger partial charge < -0.3 is 5.21 Å². The topological polar surface area (TPSA) is 23.5 Å². The zero-order valence-corrected chi connectivity index (χ0v) is 7.46. The molecule has 1 aliphatic heterocycles. The number of piperidine rings is 1. The van der Waals surface area contributed by atoms with Crippen molar-refractivity contribution in [3.05, 3.63) is 0 Å².